The maximum atomic E-state index is 14.0. The van der Waals surface area contributed by atoms with Crippen LogP contribution in [0.2, 0.25) is 0 Å². The molecule has 1 aromatic rings. The number of carbonyl (C=O) groups is 2. The molecule has 9 nitrogen and oxygen atoms in total. The molecule has 0 saturated carbocycles. The highest BCUT2D eigenvalue weighted by atomic mass is 32.2. The van der Waals surface area contributed by atoms with Crippen molar-refractivity contribution in [2.45, 2.75) is 38.7 Å². The number of sulfone groups is 1. The summed E-state index contributed by atoms with van der Waals surface area (Å²) in [7, 11) is -3.58. The fourth-order valence-electron chi connectivity index (χ4n) is 2.83. The Hall–Kier alpha value is -2.50. The van der Waals surface area contributed by atoms with E-state index in [0.717, 1.165) is 5.41 Å². The molecule has 0 spiro atoms. The highest BCUT2D eigenvalue weighted by molar-refractivity contribution is 7.94. The fraction of sp³-hybridized carbons (Fsp3) is 0.524. The Kier molecular flexibility index (Phi) is 8.76. The summed E-state index contributed by atoms with van der Waals surface area (Å²) in [6, 6.07) is 3.58. The quantitative estimate of drug-likeness (QED) is 0.472. The summed E-state index contributed by atoms with van der Waals surface area (Å²) in [5.41, 5.74) is -0.560. The van der Waals surface area contributed by atoms with Gasteiger partial charge in [-0.1, -0.05) is 13.0 Å². The Morgan fingerprint density at radius 3 is 2.72 bits per heavy atom. The Balaban J connectivity index is 1.86. The number of imide groups is 1. The lowest BCUT2D eigenvalue weighted by molar-refractivity contribution is -0.122. The van der Waals surface area contributed by atoms with Crippen molar-refractivity contribution in [2.24, 2.45) is 0 Å². The predicted molar refractivity (Wildman–Crippen MR) is 115 cm³/mol. The molecule has 2 N–H and O–H groups in total. The van der Waals surface area contributed by atoms with E-state index in [1.165, 1.54) is 43.0 Å². The van der Waals surface area contributed by atoms with Gasteiger partial charge < -0.3 is 19.5 Å². The molecule has 0 radical (unpaired) electrons. The summed E-state index contributed by atoms with van der Waals surface area (Å²) in [4.78, 5) is 24.0. The molecule has 1 aromatic carbocycles. The van der Waals surface area contributed by atoms with E-state index < -0.39 is 33.2 Å². The second kappa shape index (κ2) is 10.9. The Bertz CT molecular complexity index is 957. The number of nitrogens with one attached hydrogen (secondary N) is 1. The van der Waals surface area contributed by atoms with E-state index in [1.54, 1.807) is 6.92 Å². The van der Waals surface area contributed by atoms with Crippen molar-refractivity contribution in [3.63, 3.8) is 0 Å². The molecule has 1 aliphatic rings. The molecule has 0 aromatic heterocycles. The maximum absolute atomic E-state index is 14.0. The second-order valence-corrected chi connectivity index (χ2v) is 10.2. The SMILES string of the molecule is C[C@@H](CS(=O)(=O)/C=C/COCN1CCC(=O)NC1=O)c1ccc(F)c(OCC(C)(C)O)c1. The van der Waals surface area contributed by atoms with Gasteiger partial charge in [0.15, 0.2) is 21.4 Å². The van der Waals surface area contributed by atoms with E-state index in [0.29, 0.717) is 5.56 Å². The molecule has 1 fully saturated rings. The summed E-state index contributed by atoms with van der Waals surface area (Å²) in [6.07, 6.45) is 1.52. The molecule has 178 valence electrons. The third-order valence-electron chi connectivity index (χ3n) is 4.49. The van der Waals surface area contributed by atoms with Crippen LogP contribution < -0.4 is 10.1 Å². The van der Waals surface area contributed by atoms with Crippen molar-refractivity contribution in [2.75, 3.05) is 32.2 Å². The van der Waals surface area contributed by atoms with Crippen molar-refractivity contribution < 1.29 is 37.0 Å². The van der Waals surface area contributed by atoms with Crippen molar-refractivity contribution in [3.05, 3.63) is 41.1 Å². The molecule has 0 bridgehead atoms. The number of urea groups is 1. The minimum absolute atomic E-state index is 0.0309. The van der Waals surface area contributed by atoms with E-state index in [1.807, 2.05) is 0 Å². The summed E-state index contributed by atoms with van der Waals surface area (Å²) in [5, 5.41) is 12.9. The van der Waals surface area contributed by atoms with Crippen LogP contribution in [0.25, 0.3) is 0 Å². The van der Waals surface area contributed by atoms with Gasteiger partial charge in [-0.25, -0.2) is 17.6 Å². The number of halogens is 1. The lowest BCUT2D eigenvalue weighted by Gasteiger charge is -2.25. The number of carbonyl (C=O) groups excluding carboxylic acids is 2. The van der Waals surface area contributed by atoms with E-state index >= 15 is 0 Å². The molecule has 1 saturated heterocycles. The Labute approximate surface area is 187 Å². The third kappa shape index (κ3) is 8.56. The van der Waals surface area contributed by atoms with Crippen molar-refractivity contribution >= 4 is 21.8 Å². The van der Waals surface area contributed by atoms with Gasteiger partial charge in [0, 0.05) is 18.4 Å². The van der Waals surface area contributed by atoms with Gasteiger partial charge in [0.25, 0.3) is 0 Å². The summed E-state index contributed by atoms with van der Waals surface area (Å²) < 4.78 is 49.3. The molecule has 1 atom stereocenters. The largest absolute Gasteiger partial charge is 0.488 e. The summed E-state index contributed by atoms with van der Waals surface area (Å²) >= 11 is 0. The smallest absolute Gasteiger partial charge is 0.325 e. The van der Waals surface area contributed by atoms with Gasteiger partial charge in [-0.05, 0) is 43.5 Å². The van der Waals surface area contributed by atoms with Crippen LogP contribution in [0.5, 0.6) is 5.75 Å². The average Bonchev–Trinajstić information content (AvgIpc) is 2.67. The zero-order valence-electron chi connectivity index (χ0n) is 18.3. The predicted octanol–water partition coefficient (Wildman–Crippen LogP) is 1.92. The van der Waals surface area contributed by atoms with Gasteiger partial charge in [-0.2, -0.15) is 0 Å². The monoisotopic (exact) mass is 472 g/mol. The minimum Gasteiger partial charge on any atom is -0.488 e. The van der Waals surface area contributed by atoms with Crippen molar-refractivity contribution in [3.8, 4) is 5.75 Å². The molecule has 0 aliphatic carbocycles. The van der Waals surface area contributed by atoms with Crippen LogP contribution in [0.15, 0.2) is 29.7 Å². The van der Waals surface area contributed by atoms with Gasteiger partial charge in [-0.3, -0.25) is 10.1 Å². The highest BCUT2D eigenvalue weighted by Gasteiger charge is 2.22. The van der Waals surface area contributed by atoms with Gasteiger partial charge in [0.2, 0.25) is 5.91 Å². The lowest BCUT2D eigenvalue weighted by Crippen LogP contribution is -2.50. The summed E-state index contributed by atoms with van der Waals surface area (Å²) in [6.45, 7) is 4.79. The van der Waals surface area contributed by atoms with Crippen molar-refractivity contribution in [1.82, 2.24) is 10.2 Å². The van der Waals surface area contributed by atoms with Crippen LogP contribution in [0.1, 0.15) is 38.7 Å². The number of hydrogen-bond donors (Lipinski definition) is 2. The number of hydrogen-bond acceptors (Lipinski definition) is 7. The molecule has 11 heteroatoms. The zero-order valence-corrected chi connectivity index (χ0v) is 19.2. The first-order chi connectivity index (χ1) is 14.9. The van der Waals surface area contributed by atoms with Crippen molar-refractivity contribution in [1.29, 1.82) is 0 Å². The van der Waals surface area contributed by atoms with Crippen LogP contribution in [0, 0.1) is 5.82 Å². The van der Waals surface area contributed by atoms with E-state index in [-0.39, 0.29) is 50.3 Å². The Morgan fingerprint density at radius 1 is 1.34 bits per heavy atom. The van der Waals surface area contributed by atoms with Crippen LogP contribution >= 0.6 is 0 Å². The standard InChI is InChI=1S/C21H29FN2O7S/c1-15(16-5-6-17(22)18(11-16)31-13-21(2,3)27)12-32(28,29)10-4-9-30-14-24-8-7-19(25)23-20(24)26/h4-6,10-11,15,27H,7-9,12-14H2,1-3H3,(H,23,25,26)/b10-4+/t15-/m0/s1. The van der Waals surface area contributed by atoms with Gasteiger partial charge in [0.1, 0.15) is 13.3 Å². The van der Waals surface area contributed by atoms with Crippen LogP contribution in [0.3, 0.4) is 0 Å². The molecule has 0 unspecified atom stereocenters. The number of benzene rings is 1. The molecular weight excluding hydrogens is 443 g/mol. The minimum atomic E-state index is -3.58. The van der Waals surface area contributed by atoms with Gasteiger partial charge in [0.05, 0.1) is 18.0 Å². The number of amides is 3. The zero-order chi connectivity index (χ0) is 23.9. The van der Waals surface area contributed by atoms with Crippen LogP contribution in [-0.2, 0) is 19.4 Å². The second-order valence-electron chi connectivity index (χ2n) is 8.26. The highest BCUT2D eigenvalue weighted by Crippen LogP contribution is 2.26. The van der Waals surface area contributed by atoms with Gasteiger partial charge >= 0.3 is 6.03 Å². The number of rotatable bonds is 11. The first-order valence-corrected chi connectivity index (χ1v) is 11.8. The van der Waals surface area contributed by atoms with E-state index in [4.69, 9.17) is 9.47 Å². The van der Waals surface area contributed by atoms with E-state index in [2.05, 4.69) is 5.32 Å². The third-order valence-corrected chi connectivity index (χ3v) is 6.07. The molecule has 1 heterocycles. The first-order valence-electron chi connectivity index (χ1n) is 10.1. The lowest BCUT2D eigenvalue weighted by atomic mass is 10.0. The molecule has 32 heavy (non-hydrogen) atoms. The molecule has 1 aliphatic heterocycles. The van der Waals surface area contributed by atoms with Crippen LogP contribution in [0.4, 0.5) is 9.18 Å². The number of ether oxygens (including phenoxy) is 2. The molecule has 3 amide bonds. The topological polar surface area (TPSA) is 122 Å². The molecule has 2 rings (SSSR count). The average molecular weight is 473 g/mol. The first kappa shape index (κ1) is 25.8. The Morgan fingerprint density at radius 2 is 2.06 bits per heavy atom. The fourth-order valence-corrected chi connectivity index (χ4v) is 4.20. The van der Waals surface area contributed by atoms with Gasteiger partial charge in [-0.15, -0.1) is 0 Å². The summed E-state index contributed by atoms with van der Waals surface area (Å²) in [5.74, 6) is -1.65. The van der Waals surface area contributed by atoms with E-state index in [9.17, 15) is 27.5 Å². The molecular formula is C21H29FN2O7S. The number of aliphatic hydroxyl groups is 1. The number of nitrogens with zero attached hydrogens (tertiary/aromatic N) is 1. The normalized spacial score (nSPS) is 16.3. The van der Waals surface area contributed by atoms with Crippen LogP contribution in [-0.4, -0.2) is 68.2 Å². The maximum Gasteiger partial charge on any atom is 0.325 e.